The van der Waals surface area contributed by atoms with Crippen molar-refractivity contribution in [1.82, 2.24) is 5.32 Å². The molecule has 0 amide bonds. The first-order valence-electron chi connectivity index (χ1n) is 6.71. The lowest BCUT2D eigenvalue weighted by Crippen LogP contribution is -2.15. The van der Waals surface area contributed by atoms with Crippen molar-refractivity contribution >= 4 is 11.3 Å². The topological polar surface area (TPSA) is 45.0 Å². The van der Waals surface area contributed by atoms with Crippen LogP contribution in [-0.4, -0.2) is 13.2 Å². The van der Waals surface area contributed by atoms with Crippen molar-refractivity contribution in [2.75, 3.05) is 7.11 Å². The van der Waals surface area contributed by atoms with Gasteiger partial charge in [-0.15, -0.1) is 11.3 Å². The van der Waals surface area contributed by atoms with Crippen molar-refractivity contribution in [3.63, 3.8) is 0 Å². The number of hydrogen-bond acceptors (Lipinski definition) is 4. The summed E-state index contributed by atoms with van der Waals surface area (Å²) < 4.78 is 5.43. The SMILES string of the molecule is COc1ccc(-c2ccc(C#N)s2)cc1CNC1CC1. The summed E-state index contributed by atoms with van der Waals surface area (Å²) in [6.45, 7) is 0.832. The van der Waals surface area contributed by atoms with E-state index >= 15 is 0 Å². The molecule has 1 N–H and O–H groups in total. The summed E-state index contributed by atoms with van der Waals surface area (Å²) in [7, 11) is 1.70. The number of hydrogen-bond donors (Lipinski definition) is 1. The molecule has 0 spiro atoms. The van der Waals surface area contributed by atoms with Gasteiger partial charge in [0, 0.05) is 23.0 Å². The van der Waals surface area contributed by atoms with Gasteiger partial charge in [-0.3, -0.25) is 0 Å². The number of thiophene rings is 1. The summed E-state index contributed by atoms with van der Waals surface area (Å²) in [6, 6.07) is 12.9. The number of methoxy groups -OCH3 is 1. The molecular weight excluding hydrogens is 268 g/mol. The van der Waals surface area contributed by atoms with Gasteiger partial charge >= 0.3 is 0 Å². The average molecular weight is 284 g/mol. The predicted molar refractivity (Wildman–Crippen MR) is 80.9 cm³/mol. The molecule has 0 saturated heterocycles. The summed E-state index contributed by atoms with van der Waals surface area (Å²) in [4.78, 5) is 1.87. The van der Waals surface area contributed by atoms with Gasteiger partial charge in [0.25, 0.3) is 0 Å². The van der Waals surface area contributed by atoms with E-state index in [1.54, 1.807) is 7.11 Å². The summed E-state index contributed by atoms with van der Waals surface area (Å²) in [6.07, 6.45) is 2.55. The second-order valence-corrected chi connectivity index (χ2v) is 6.04. The van der Waals surface area contributed by atoms with Crippen LogP contribution in [0.25, 0.3) is 10.4 Å². The average Bonchev–Trinajstić information content (AvgIpc) is 3.19. The molecule has 1 aliphatic rings. The molecular formula is C16H16N2OS. The van der Waals surface area contributed by atoms with E-state index in [4.69, 9.17) is 10.00 Å². The number of nitrogens with one attached hydrogen (secondary N) is 1. The van der Waals surface area contributed by atoms with E-state index in [0.717, 1.165) is 27.6 Å². The van der Waals surface area contributed by atoms with Crippen LogP contribution >= 0.6 is 11.3 Å². The third-order valence-electron chi connectivity index (χ3n) is 3.44. The molecule has 102 valence electrons. The first-order chi connectivity index (χ1) is 9.80. The van der Waals surface area contributed by atoms with Crippen molar-refractivity contribution in [3.05, 3.63) is 40.8 Å². The zero-order valence-corrected chi connectivity index (χ0v) is 12.2. The van der Waals surface area contributed by atoms with Crippen LogP contribution in [0.1, 0.15) is 23.3 Å². The molecule has 1 heterocycles. The van der Waals surface area contributed by atoms with Crippen molar-refractivity contribution in [2.45, 2.75) is 25.4 Å². The van der Waals surface area contributed by atoms with Crippen molar-refractivity contribution in [2.24, 2.45) is 0 Å². The molecule has 1 aromatic heterocycles. The second kappa shape index (κ2) is 5.66. The van der Waals surface area contributed by atoms with Crippen LogP contribution in [-0.2, 0) is 6.54 Å². The minimum Gasteiger partial charge on any atom is -0.496 e. The standard InChI is InChI=1S/C16H16N2OS/c1-19-15-6-2-11(16-7-5-14(9-17)20-16)8-12(15)10-18-13-3-4-13/h2,5-8,13,18H,3-4,10H2,1H3. The predicted octanol–water partition coefficient (Wildman–Crippen LogP) is 3.55. The molecule has 0 unspecified atom stereocenters. The zero-order valence-electron chi connectivity index (χ0n) is 11.3. The highest BCUT2D eigenvalue weighted by molar-refractivity contribution is 7.16. The fraction of sp³-hybridized carbons (Fsp3) is 0.312. The Hall–Kier alpha value is -1.83. The Kier molecular flexibility index (Phi) is 3.72. The molecule has 3 rings (SSSR count). The van der Waals surface area contributed by atoms with Gasteiger partial charge in [0.1, 0.15) is 16.7 Å². The second-order valence-electron chi connectivity index (χ2n) is 4.96. The first kappa shape index (κ1) is 13.2. The molecule has 4 heteroatoms. The molecule has 1 fully saturated rings. The molecule has 0 bridgehead atoms. The van der Waals surface area contributed by atoms with E-state index in [-0.39, 0.29) is 0 Å². The molecule has 0 atom stereocenters. The van der Waals surface area contributed by atoms with Gasteiger partial charge in [0.2, 0.25) is 0 Å². The Morgan fingerprint density at radius 1 is 1.35 bits per heavy atom. The summed E-state index contributed by atoms with van der Waals surface area (Å²) in [5, 5.41) is 12.4. The Labute approximate surface area is 122 Å². The van der Waals surface area contributed by atoms with Gasteiger partial charge in [0.15, 0.2) is 0 Å². The minimum atomic E-state index is 0.676. The molecule has 0 radical (unpaired) electrons. The maximum absolute atomic E-state index is 8.92. The normalized spacial score (nSPS) is 14.0. The first-order valence-corrected chi connectivity index (χ1v) is 7.52. The van der Waals surface area contributed by atoms with E-state index in [2.05, 4.69) is 17.5 Å². The van der Waals surface area contributed by atoms with Gasteiger partial charge in [-0.1, -0.05) is 0 Å². The maximum atomic E-state index is 8.92. The molecule has 3 nitrogen and oxygen atoms in total. The van der Waals surface area contributed by atoms with Crippen molar-refractivity contribution < 1.29 is 4.74 Å². The third-order valence-corrected chi connectivity index (χ3v) is 4.48. The summed E-state index contributed by atoms with van der Waals surface area (Å²) >= 11 is 1.52. The lowest BCUT2D eigenvalue weighted by Gasteiger charge is -2.11. The van der Waals surface area contributed by atoms with Gasteiger partial charge < -0.3 is 10.1 Å². The van der Waals surface area contributed by atoms with Gasteiger partial charge in [-0.2, -0.15) is 5.26 Å². The Bertz CT molecular complexity index is 653. The van der Waals surface area contributed by atoms with Crippen LogP contribution in [0.2, 0.25) is 0 Å². The number of nitriles is 1. The summed E-state index contributed by atoms with van der Waals surface area (Å²) in [5.41, 5.74) is 2.31. The van der Waals surface area contributed by atoms with Gasteiger partial charge in [-0.25, -0.2) is 0 Å². The van der Waals surface area contributed by atoms with E-state index < -0.39 is 0 Å². The van der Waals surface area contributed by atoms with Crippen LogP contribution in [0, 0.1) is 11.3 Å². The fourth-order valence-corrected chi connectivity index (χ4v) is 2.96. The van der Waals surface area contributed by atoms with Crippen LogP contribution < -0.4 is 10.1 Å². The maximum Gasteiger partial charge on any atom is 0.123 e. The highest BCUT2D eigenvalue weighted by Gasteiger charge is 2.20. The Morgan fingerprint density at radius 2 is 2.20 bits per heavy atom. The number of benzene rings is 1. The quantitative estimate of drug-likeness (QED) is 0.913. The minimum absolute atomic E-state index is 0.676. The monoisotopic (exact) mass is 284 g/mol. The van der Waals surface area contributed by atoms with E-state index in [1.165, 1.54) is 29.7 Å². The molecule has 1 saturated carbocycles. The molecule has 20 heavy (non-hydrogen) atoms. The van der Waals surface area contributed by atoms with Gasteiger partial charge in [0.05, 0.1) is 7.11 Å². The van der Waals surface area contributed by atoms with E-state index in [0.29, 0.717) is 6.04 Å². The van der Waals surface area contributed by atoms with Crippen LogP contribution in [0.5, 0.6) is 5.75 Å². The largest absolute Gasteiger partial charge is 0.496 e. The Morgan fingerprint density at radius 3 is 2.85 bits per heavy atom. The van der Waals surface area contributed by atoms with Crippen molar-refractivity contribution in [1.29, 1.82) is 5.26 Å². The fourth-order valence-electron chi connectivity index (χ4n) is 2.16. The smallest absolute Gasteiger partial charge is 0.123 e. The number of rotatable bonds is 5. The summed E-state index contributed by atoms with van der Waals surface area (Å²) in [5.74, 6) is 0.916. The molecule has 1 aliphatic carbocycles. The number of nitrogens with zero attached hydrogens (tertiary/aromatic N) is 1. The highest BCUT2D eigenvalue weighted by atomic mass is 32.1. The highest BCUT2D eigenvalue weighted by Crippen LogP contribution is 2.32. The van der Waals surface area contributed by atoms with Crippen LogP contribution in [0.3, 0.4) is 0 Å². The lowest BCUT2D eigenvalue weighted by atomic mass is 10.1. The number of ether oxygens (including phenoxy) is 1. The van der Waals surface area contributed by atoms with Crippen molar-refractivity contribution in [3.8, 4) is 22.3 Å². The van der Waals surface area contributed by atoms with Crippen LogP contribution in [0.4, 0.5) is 0 Å². The van der Waals surface area contributed by atoms with E-state index in [9.17, 15) is 0 Å². The molecule has 1 aromatic carbocycles. The third kappa shape index (κ3) is 2.84. The van der Waals surface area contributed by atoms with Gasteiger partial charge in [-0.05, 0) is 48.7 Å². The molecule has 2 aromatic rings. The lowest BCUT2D eigenvalue weighted by molar-refractivity contribution is 0.407. The Balaban J connectivity index is 1.87. The molecule has 0 aliphatic heterocycles. The zero-order chi connectivity index (χ0) is 13.9. The van der Waals surface area contributed by atoms with Crippen LogP contribution in [0.15, 0.2) is 30.3 Å². The van der Waals surface area contributed by atoms with E-state index in [1.807, 2.05) is 24.3 Å².